The van der Waals surface area contributed by atoms with Gasteiger partial charge in [-0.25, -0.2) is 14.7 Å². The lowest BCUT2D eigenvalue weighted by Crippen LogP contribution is -2.38. The summed E-state index contributed by atoms with van der Waals surface area (Å²) in [4.78, 5) is 31.8. The maximum atomic E-state index is 12.4. The van der Waals surface area contributed by atoms with Crippen molar-refractivity contribution in [3.63, 3.8) is 0 Å². The number of benzene rings is 2. The fraction of sp³-hybridized carbons (Fsp3) is 0.263. The molecule has 8 nitrogen and oxygen atoms in total. The summed E-state index contributed by atoms with van der Waals surface area (Å²) in [7, 11) is 1.51. The molecule has 1 atom stereocenters. The van der Waals surface area contributed by atoms with Gasteiger partial charge in [-0.05, 0) is 42.0 Å². The van der Waals surface area contributed by atoms with Crippen LogP contribution in [0.4, 0.5) is 10.5 Å². The SMILES string of the molecule is CN1OC(CC(=O)NCc2ccc3c(c2)OCO3)N(c2ccc(Cl)cc2)C1=O. The highest BCUT2D eigenvalue weighted by molar-refractivity contribution is 6.30. The van der Waals surface area contributed by atoms with E-state index >= 15 is 0 Å². The van der Waals surface area contributed by atoms with Crippen LogP contribution in [-0.2, 0) is 16.2 Å². The maximum absolute atomic E-state index is 12.4. The van der Waals surface area contributed by atoms with Crippen molar-refractivity contribution in [2.45, 2.75) is 19.2 Å². The van der Waals surface area contributed by atoms with Crippen LogP contribution in [0.3, 0.4) is 0 Å². The Morgan fingerprint density at radius 2 is 1.93 bits per heavy atom. The summed E-state index contributed by atoms with van der Waals surface area (Å²) in [6, 6.07) is 11.9. The first-order valence-corrected chi connectivity index (χ1v) is 9.03. The van der Waals surface area contributed by atoms with E-state index in [2.05, 4.69) is 5.32 Å². The van der Waals surface area contributed by atoms with Crippen molar-refractivity contribution in [2.75, 3.05) is 18.7 Å². The number of ether oxygens (including phenoxy) is 2. The van der Waals surface area contributed by atoms with Gasteiger partial charge in [-0.15, -0.1) is 0 Å². The van der Waals surface area contributed by atoms with Crippen molar-refractivity contribution in [3.05, 3.63) is 53.1 Å². The number of carbonyl (C=O) groups is 2. The van der Waals surface area contributed by atoms with E-state index in [0.717, 1.165) is 10.6 Å². The van der Waals surface area contributed by atoms with Crippen LogP contribution in [0.1, 0.15) is 12.0 Å². The molecule has 0 saturated carbocycles. The lowest BCUT2D eigenvalue weighted by atomic mass is 10.2. The van der Waals surface area contributed by atoms with Gasteiger partial charge in [-0.1, -0.05) is 17.7 Å². The summed E-state index contributed by atoms with van der Waals surface area (Å²) in [6.45, 7) is 0.527. The number of fused-ring (bicyclic) bond motifs is 1. The molecule has 2 heterocycles. The molecule has 2 aromatic carbocycles. The summed E-state index contributed by atoms with van der Waals surface area (Å²) in [5, 5.41) is 4.51. The number of halogens is 1. The molecule has 146 valence electrons. The Morgan fingerprint density at radius 1 is 1.18 bits per heavy atom. The van der Waals surface area contributed by atoms with E-state index in [-0.39, 0.29) is 25.2 Å². The monoisotopic (exact) mass is 403 g/mol. The number of nitrogens with one attached hydrogen (secondary N) is 1. The van der Waals surface area contributed by atoms with Gasteiger partial charge in [-0.2, -0.15) is 0 Å². The van der Waals surface area contributed by atoms with Gasteiger partial charge in [0.2, 0.25) is 12.7 Å². The van der Waals surface area contributed by atoms with Crippen LogP contribution < -0.4 is 19.7 Å². The number of anilines is 1. The van der Waals surface area contributed by atoms with Crippen LogP contribution in [-0.4, -0.2) is 37.1 Å². The van der Waals surface area contributed by atoms with Gasteiger partial charge in [-0.3, -0.25) is 9.69 Å². The van der Waals surface area contributed by atoms with Crippen LogP contribution in [0.15, 0.2) is 42.5 Å². The first-order valence-electron chi connectivity index (χ1n) is 8.66. The summed E-state index contributed by atoms with van der Waals surface area (Å²) >= 11 is 5.91. The highest BCUT2D eigenvalue weighted by Gasteiger charge is 2.39. The number of hydrogen-bond donors (Lipinski definition) is 1. The average molecular weight is 404 g/mol. The molecule has 0 radical (unpaired) electrons. The highest BCUT2D eigenvalue weighted by Crippen LogP contribution is 2.32. The predicted molar refractivity (Wildman–Crippen MR) is 101 cm³/mol. The quantitative estimate of drug-likeness (QED) is 0.830. The molecule has 0 aromatic heterocycles. The van der Waals surface area contributed by atoms with Gasteiger partial charge >= 0.3 is 6.03 Å². The Labute approximate surface area is 166 Å². The van der Waals surface area contributed by atoms with Gasteiger partial charge in [0.15, 0.2) is 17.7 Å². The van der Waals surface area contributed by atoms with Crippen molar-refractivity contribution in [2.24, 2.45) is 0 Å². The third kappa shape index (κ3) is 3.69. The van der Waals surface area contributed by atoms with E-state index in [1.165, 1.54) is 11.9 Å². The van der Waals surface area contributed by atoms with Gasteiger partial charge in [0, 0.05) is 24.3 Å². The average Bonchev–Trinajstić information content (AvgIpc) is 3.25. The number of nitrogens with zero attached hydrogens (tertiary/aromatic N) is 2. The Hall–Kier alpha value is -2.97. The van der Waals surface area contributed by atoms with E-state index in [1.54, 1.807) is 30.3 Å². The van der Waals surface area contributed by atoms with Crippen LogP contribution in [0.5, 0.6) is 11.5 Å². The normalized spacial score (nSPS) is 17.9. The zero-order chi connectivity index (χ0) is 19.7. The largest absolute Gasteiger partial charge is 0.454 e. The maximum Gasteiger partial charge on any atom is 0.350 e. The van der Waals surface area contributed by atoms with Crippen molar-refractivity contribution in [1.29, 1.82) is 0 Å². The number of hydrogen-bond acceptors (Lipinski definition) is 5. The predicted octanol–water partition coefficient (Wildman–Crippen LogP) is 2.90. The molecule has 1 N–H and O–H groups in total. The minimum absolute atomic E-state index is 0.0107. The van der Waals surface area contributed by atoms with Crippen molar-refractivity contribution >= 4 is 29.2 Å². The first kappa shape index (κ1) is 18.4. The van der Waals surface area contributed by atoms with Gasteiger partial charge < -0.3 is 14.8 Å². The molecule has 1 fully saturated rings. The van der Waals surface area contributed by atoms with E-state index in [9.17, 15) is 9.59 Å². The molecular weight excluding hydrogens is 386 g/mol. The molecule has 4 rings (SSSR count). The second-order valence-corrected chi connectivity index (χ2v) is 6.79. The summed E-state index contributed by atoms with van der Waals surface area (Å²) in [5.41, 5.74) is 1.49. The van der Waals surface area contributed by atoms with Crippen LogP contribution in [0.2, 0.25) is 5.02 Å². The molecule has 0 aliphatic carbocycles. The second kappa shape index (κ2) is 7.57. The smallest absolute Gasteiger partial charge is 0.350 e. The van der Waals surface area contributed by atoms with E-state index in [4.69, 9.17) is 25.9 Å². The molecular formula is C19H18ClN3O5. The number of urea groups is 1. The molecule has 2 aromatic rings. The number of amides is 3. The Bertz CT molecular complexity index is 905. The van der Waals surface area contributed by atoms with Crippen LogP contribution in [0.25, 0.3) is 0 Å². The van der Waals surface area contributed by atoms with E-state index in [1.807, 2.05) is 12.1 Å². The fourth-order valence-corrected chi connectivity index (χ4v) is 3.16. The third-order valence-electron chi connectivity index (χ3n) is 4.43. The standard InChI is InChI=1S/C19H18ClN3O5/c1-22-19(25)23(14-5-3-13(20)4-6-14)18(28-22)9-17(24)21-10-12-2-7-15-16(8-12)27-11-26-15/h2-8,18H,9-11H2,1H3,(H,21,24). The molecule has 3 amide bonds. The lowest BCUT2D eigenvalue weighted by Gasteiger charge is -2.20. The number of rotatable bonds is 5. The molecule has 2 aliphatic heterocycles. The van der Waals surface area contributed by atoms with E-state index in [0.29, 0.717) is 28.8 Å². The molecule has 0 spiro atoms. The molecule has 2 aliphatic rings. The number of hydroxylamine groups is 2. The molecule has 0 bridgehead atoms. The first-order chi connectivity index (χ1) is 13.5. The molecule has 28 heavy (non-hydrogen) atoms. The number of carbonyl (C=O) groups excluding carboxylic acids is 2. The van der Waals surface area contributed by atoms with Crippen molar-refractivity contribution < 1.29 is 23.9 Å². The zero-order valence-electron chi connectivity index (χ0n) is 15.1. The molecule has 1 saturated heterocycles. The van der Waals surface area contributed by atoms with E-state index < -0.39 is 6.23 Å². The van der Waals surface area contributed by atoms with Gasteiger partial charge in [0.25, 0.3) is 0 Å². The van der Waals surface area contributed by atoms with Crippen molar-refractivity contribution in [1.82, 2.24) is 10.4 Å². The van der Waals surface area contributed by atoms with Gasteiger partial charge in [0.1, 0.15) is 0 Å². The third-order valence-corrected chi connectivity index (χ3v) is 4.69. The Kier molecular flexibility index (Phi) is 4.97. The van der Waals surface area contributed by atoms with Crippen LogP contribution in [0, 0.1) is 0 Å². The van der Waals surface area contributed by atoms with Gasteiger partial charge in [0.05, 0.1) is 6.42 Å². The minimum Gasteiger partial charge on any atom is -0.454 e. The highest BCUT2D eigenvalue weighted by atomic mass is 35.5. The lowest BCUT2D eigenvalue weighted by molar-refractivity contribution is -0.133. The Balaban J connectivity index is 1.39. The summed E-state index contributed by atoms with van der Waals surface area (Å²) in [5.74, 6) is 1.10. The Morgan fingerprint density at radius 3 is 2.71 bits per heavy atom. The van der Waals surface area contributed by atoms with Crippen molar-refractivity contribution in [3.8, 4) is 11.5 Å². The van der Waals surface area contributed by atoms with Crippen LogP contribution >= 0.6 is 11.6 Å². The molecule has 9 heteroatoms. The zero-order valence-corrected chi connectivity index (χ0v) is 15.8. The topological polar surface area (TPSA) is 80.3 Å². The summed E-state index contributed by atoms with van der Waals surface area (Å²) < 4.78 is 10.6. The summed E-state index contributed by atoms with van der Waals surface area (Å²) in [6.07, 6.45) is -0.751. The second-order valence-electron chi connectivity index (χ2n) is 6.35. The fourth-order valence-electron chi connectivity index (χ4n) is 3.04. The minimum atomic E-state index is -0.740. The molecule has 1 unspecified atom stereocenters.